The van der Waals surface area contributed by atoms with E-state index in [-0.39, 0.29) is 0 Å². The molecule has 1 aliphatic heterocycles. The average molecular weight is 129 g/mol. The first-order valence-electron chi connectivity index (χ1n) is 3.66. The lowest BCUT2D eigenvalue weighted by Gasteiger charge is -2.15. The van der Waals surface area contributed by atoms with Gasteiger partial charge in [-0.25, -0.2) is 0 Å². The zero-order chi connectivity index (χ0) is 6.69. The van der Waals surface area contributed by atoms with Crippen LogP contribution in [0.15, 0.2) is 0 Å². The highest BCUT2D eigenvalue weighted by molar-refractivity contribution is 4.71. The van der Waals surface area contributed by atoms with Crippen LogP contribution in [0, 0.1) is 5.92 Å². The molecule has 1 heterocycles. The molecule has 1 rings (SSSR count). The largest absolute Gasteiger partial charge is 0.378 e. The van der Waals surface area contributed by atoms with Gasteiger partial charge >= 0.3 is 0 Å². The fraction of sp³-hybridized carbons (Fsp3) is 1.00. The van der Waals surface area contributed by atoms with Crippen molar-refractivity contribution >= 4 is 0 Å². The Kier molecular flexibility index (Phi) is 2.49. The fourth-order valence-electron chi connectivity index (χ4n) is 1.20. The van der Waals surface area contributed by atoms with E-state index in [1.807, 2.05) is 0 Å². The molecule has 0 amide bonds. The minimum absolute atomic E-state index is 0.454. The van der Waals surface area contributed by atoms with E-state index in [0.29, 0.717) is 12.0 Å². The lowest BCUT2D eigenvalue weighted by Crippen LogP contribution is -2.24. The smallest absolute Gasteiger partial charge is 0.0613 e. The standard InChI is InChI=1S/C7H15NO/c1-6(5-8)7-3-2-4-9-7/h6-7H,2-5,8H2,1H3/t6-,7?/m1/s1. The molecule has 0 aliphatic carbocycles. The Morgan fingerprint density at radius 3 is 3.00 bits per heavy atom. The van der Waals surface area contributed by atoms with Crippen LogP contribution in [-0.2, 0) is 4.74 Å². The van der Waals surface area contributed by atoms with Crippen molar-refractivity contribution in [3.05, 3.63) is 0 Å². The summed E-state index contributed by atoms with van der Waals surface area (Å²) in [6.45, 7) is 3.84. The molecule has 0 aromatic rings. The summed E-state index contributed by atoms with van der Waals surface area (Å²) in [5.41, 5.74) is 5.47. The van der Waals surface area contributed by atoms with Crippen LogP contribution in [0.5, 0.6) is 0 Å². The van der Waals surface area contributed by atoms with Crippen molar-refractivity contribution in [3.8, 4) is 0 Å². The third kappa shape index (κ3) is 1.66. The van der Waals surface area contributed by atoms with Crippen LogP contribution in [0.25, 0.3) is 0 Å². The van der Waals surface area contributed by atoms with Crippen molar-refractivity contribution in [2.45, 2.75) is 25.9 Å². The monoisotopic (exact) mass is 129 g/mol. The van der Waals surface area contributed by atoms with Crippen molar-refractivity contribution in [3.63, 3.8) is 0 Å². The Morgan fingerprint density at radius 2 is 2.56 bits per heavy atom. The van der Waals surface area contributed by atoms with Gasteiger partial charge in [0, 0.05) is 6.61 Å². The Hall–Kier alpha value is -0.0800. The van der Waals surface area contributed by atoms with E-state index >= 15 is 0 Å². The highest BCUT2D eigenvalue weighted by Gasteiger charge is 2.20. The first kappa shape index (κ1) is 7.03. The maximum absolute atomic E-state index is 5.47. The lowest BCUT2D eigenvalue weighted by atomic mass is 10.0. The maximum atomic E-state index is 5.47. The summed E-state index contributed by atoms with van der Waals surface area (Å²) in [5, 5.41) is 0. The molecule has 2 N–H and O–H groups in total. The minimum atomic E-state index is 0.454. The predicted molar refractivity (Wildman–Crippen MR) is 37.2 cm³/mol. The average Bonchev–Trinajstić information content (AvgIpc) is 2.37. The van der Waals surface area contributed by atoms with Crippen molar-refractivity contribution in [2.24, 2.45) is 11.7 Å². The summed E-state index contributed by atoms with van der Waals surface area (Å²) in [7, 11) is 0. The molecule has 2 atom stereocenters. The van der Waals surface area contributed by atoms with E-state index in [1.165, 1.54) is 12.8 Å². The second-order valence-electron chi connectivity index (χ2n) is 2.76. The Balaban J connectivity index is 2.24. The molecule has 1 unspecified atom stereocenters. The first-order valence-corrected chi connectivity index (χ1v) is 3.66. The normalized spacial score (nSPS) is 30.7. The molecule has 0 bridgehead atoms. The van der Waals surface area contributed by atoms with Gasteiger partial charge in [0.25, 0.3) is 0 Å². The molecule has 54 valence electrons. The molecule has 9 heavy (non-hydrogen) atoms. The highest BCUT2D eigenvalue weighted by atomic mass is 16.5. The van der Waals surface area contributed by atoms with Crippen LogP contribution < -0.4 is 5.73 Å². The van der Waals surface area contributed by atoms with E-state index < -0.39 is 0 Å². The van der Waals surface area contributed by atoms with Crippen LogP contribution in [0.1, 0.15) is 19.8 Å². The Morgan fingerprint density at radius 1 is 1.78 bits per heavy atom. The summed E-state index contributed by atoms with van der Waals surface area (Å²) >= 11 is 0. The molecule has 1 aliphatic rings. The second kappa shape index (κ2) is 3.18. The molecule has 0 aromatic carbocycles. The molecule has 0 saturated carbocycles. The third-order valence-electron chi connectivity index (χ3n) is 1.97. The topological polar surface area (TPSA) is 35.2 Å². The number of nitrogens with two attached hydrogens (primary N) is 1. The highest BCUT2D eigenvalue weighted by Crippen LogP contribution is 2.18. The van der Waals surface area contributed by atoms with Crippen molar-refractivity contribution in [1.29, 1.82) is 0 Å². The van der Waals surface area contributed by atoms with E-state index in [9.17, 15) is 0 Å². The summed E-state index contributed by atoms with van der Waals surface area (Å²) in [6, 6.07) is 0. The van der Waals surface area contributed by atoms with Crippen LogP contribution >= 0.6 is 0 Å². The molecule has 2 nitrogen and oxygen atoms in total. The SMILES string of the molecule is C[C@H](CN)C1CCCO1. The molecular formula is C7H15NO. The van der Waals surface area contributed by atoms with Gasteiger partial charge in [-0.2, -0.15) is 0 Å². The minimum Gasteiger partial charge on any atom is -0.378 e. The molecule has 1 saturated heterocycles. The lowest BCUT2D eigenvalue weighted by molar-refractivity contribution is 0.0724. The van der Waals surface area contributed by atoms with Crippen LogP contribution in [-0.4, -0.2) is 19.3 Å². The van der Waals surface area contributed by atoms with Gasteiger partial charge in [-0.15, -0.1) is 0 Å². The fourth-order valence-corrected chi connectivity index (χ4v) is 1.20. The molecular weight excluding hydrogens is 114 g/mol. The summed E-state index contributed by atoms with van der Waals surface area (Å²) in [4.78, 5) is 0. The van der Waals surface area contributed by atoms with Gasteiger partial charge in [0.1, 0.15) is 0 Å². The molecule has 1 fully saturated rings. The number of hydrogen-bond acceptors (Lipinski definition) is 2. The summed E-state index contributed by atoms with van der Waals surface area (Å²) < 4.78 is 5.43. The van der Waals surface area contributed by atoms with Gasteiger partial charge in [0.2, 0.25) is 0 Å². The van der Waals surface area contributed by atoms with Crippen LogP contribution in [0.4, 0.5) is 0 Å². The third-order valence-corrected chi connectivity index (χ3v) is 1.97. The van der Waals surface area contributed by atoms with E-state index in [2.05, 4.69) is 6.92 Å². The van der Waals surface area contributed by atoms with Crippen molar-refractivity contribution in [1.82, 2.24) is 0 Å². The Bertz CT molecular complexity index is 79.0. The maximum Gasteiger partial charge on any atom is 0.0613 e. The van der Waals surface area contributed by atoms with Gasteiger partial charge in [-0.3, -0.25) is 0 Å². The number of rotatable bonds is 2. The van der Waals surface area contributed by atoms with Gasteiger partial charge in [0.05, 0.1) is 6.10 Å². The quantitative estimate of drug-likeness (QED) is 0.597. The summed E-state index contributed by atoms with van der Waals surface area (Å²) in [6.07, 6.45) is 2.88. The van der Waals surface area contributed by atoms with E-state index in [0.717, 1.165) is 13.2 Å². The van der Waals surface area contributed by atoms with Gasteiger partial charge in [-0.1, -0.05) is 6.92 Å². The van der Waals surface area contributed by atoms with Crippen molar-refractivity contribution < 1.29 is 4.74 Å². The molecule has 0 spiro atoms. The molecule has 2 heteroatoms. The number of ether oxygens (including phenoxy) is 1. The number of hydrogen-bond donors (Lipinski definition) is 1. The van der Waals surface area contributed by atoms with Gasteiger partial charge in [0.15, 0.2) is 0 Å². The zero-order valence-corrected chi connectivity index (χ0v) is 5.97. The second-order valence-corrected chi connectivity index (χ2v) is 2.76. The zero-order valence-electron chi connectivity index (χ0n) is 5.97. The predicted octanol–water partition coefficient (Wildman–Crippen LogP) is 0.760. The van der Waals surface area contributed by atoms with Crippen LogP contribution in [0.2, 0.25) is 0 Å². The van der Waals surface area contributed by atoms with Gasteiger partial charge in [-0.05, 0) is 25.3 Å². The molecule has 0 radical (unpaired) electrons. The van der Waals surface area contributed by atoms with Crippen molar-refractivity contribution in [2.75, 3.05) is 13.2 Å². The van der Waals surface area contributed by atoms with Gasteiger partial charge < -0.3 is 10.5 Å². The summed E-state index contributed by atoms with van der Waals surface area (Å²) in [5.74, 6) is 0.549. The molecule has 0 aromatic heterocycles. The van der Waals surface area contributed by atoms with E-state index in [4.69, 9.17) is 10.5 Å². The van der Waals surface area contributed by atoms with E-state index in [1.54, 1.807) is 0 Å². The van der Waals surface area contributed by atoms with Crippen LogP contribution in [0.3, 0.4) is 0 Å². The first-order chi connectivity index (χ1) is 4.34. The Labute approximate surface area is 56.4 Å².